The van der Waals surface area contributed by atoms with Crippen LogP contribution in [-0.2, 0) is 12.8 Å². The van der Waals surface area contributed by atoms with Crippen LogP contribution < -0.4 is 5.32 Å². The van der Waals surface area contributed by atoms with Gasteiger partial charge in [-0.25, -0.2) is 0 Å². The lowest BCUT2D eigenvalue weighted by Crippen LogP contribution is -2.56. The summed E-state index contributed by atoms with van der Waals surface area (Å²) in [5, 5.41) is 3.56. The Kier molecular flexibility index (Phi) is 5.04. The molecular weight excluding hydrogens is 252 g/mol. The number of thiophene rings is 1. The minimum absolute atomic E-state index is 0.238. The molecule has 2 rings (SSSR count). The van der Waals surface area contributed by atoms with E-state index in [0.717, 1.165) is 12.8 Å². The van der Waals surface area contributed by atoms with Crippen LogP contribution in [0.3, 0.4) is 0 Å². The van der Waals surface area contributed by atoms with Crippen molar-refractivity contribution in [2.45, 2.75) is 58.0 Å². The molecule has 0 amide bonds. The highest BCUT2D eigenvalue weighted by atomic mass is 32.1. The Labute approximate surface area is 122 Å². The molecular formula is C16H28N2S. The summed E-state index contributed by atoms with van der Waals surface area (Å²) in [6.45, 7) is 9.55. The molecule has 0 bridgehead atoms. The second-order valence-electron chi connectivity index (χ2n) is 6.11. The molecule has 19 heavy (non-hydrogen) atoms. The maximum absolute atomic E-state index is 3.56. The minimum Gasteiger partial charge on any atom is -0.315 e. The summed E-state index contributed by atoms with van der Waals surface area (Å²) in [7, 11) is 2.11. The fourth-order valence-corrected chi connectivity index (χ4v) is 4.15. The second kappa shape index (κ2) is 6.38. The third-order valence-corrected chi connectivity index (χ3v) is 5.85. The molecule has 1 aromatic heterocycles. The third kappa shape index (κ3) is 3.39. The van der Waals surface area contributed by atoms with E-state index in [1.54, 1.807) is 0 Å². The molecule has 108 valence electrons. The van der Waals surface area contributed by atoms with Crippen LogP contribution in [0.2, 0.25) is 0 Å². The molecule has 1 fully saturated rings. The SMILES string of the molecule is CCc1ccc(CC(NC)C(C)(C)N2CCCC2)s1. The molecule has 1 aliphatic heterocycles. The van der Waals surface area contributed by atoms with Crippen LogP contribution in [-0.4, -0.2) is 36.6 Å². The van der Waals surface area contributed by atoms with E-state index in [0.29, 0.717) is 6.04 Å². The highest BCUT2D eigenvalue weighted by Gasteiger charge is 2.36. The number of aryl methyl sites for hydroxylation is 1. The summed E-state index contributed by atoms with van der Waals surface area (Å²) in [4.78, 5) is 5.68. The zero-order chi connectivity index (χ0) is 13.9. The fraction of sp³-hybridized carbons (Fsp3) is 0.750. The second-order valence-corrected chi connectivity index (χ2v) is 7.37. The maximum Gasteiger partial charge on any atom is 0.0309 e. The topological polar surface area (TPSA) is 15.3 Å². The Morgan fingerprint density at radius 3 is 2.42 bits per heavy atom. The largest absolute Gasteiger partial charge is 0.315 e. The van der Waals surface area contributed by atoms with Gasteiger partial charge in [0.2, 0.25) is 0 Å². The lowest BCUT2D eigenvalue weighted by atomic mass is 9.89. The van der Waals surface area contributed by atoms with Crippen molar-refractivity contribution in [2.24, 2.45) is 0 Å². The lowest BCUT2D eigenvalue weighted by molar-refractivity contribution is 0.110. The lowest BCUT2D eigenvalue weighted by Gasteiger charge is -2.42. The molecule has 0 spiro atoms. The van der Waals surface area contributed by atoms with Gasteiger partial charge in [0.25, 0.3) is 0 Å². The number of rotatable bonds is 6. The first-order valence-corrected chi connectivity index (χ1v) is 8.39. The van der Waals surface area contributed by atoms with E-state index in [2.05, 4.69) is 50.2 Å². The van der Waals surface area contributed by atoms with E-state index in [4.69, 9.17) is 0 Å². The van der Waals surface area contributed by atoms with Gasteiger partial charge in [0.1, 0.15) is 0 Å². The van der Waals surface area contributed by atoms with E-state index < -0.39 is 0 Å². The van der Waals surface area contributed by atoms with Crippen molar-refractivity contribution >= 4 is 11.3 Å². The zero-order valence-electron chi connectivity index (χ0n) is 12.8. The molecule has 0 aromatic carbocycles. The van der Waals surface area contributed by atoms with Gasteiger partial charge in [-0.15, -0.1) is 11.3 Å². The van der Waals surface area contributed by atoms with Gasteiger partial charge in [0.15, 0.2) is 0 Å². The number of hydrogen-bond acceptors (Lipinski definition) is 3. The van der Waals surface area contributed by atoms with Gasteiger partial charge in [0.05, 0.1) is 0 Å². The highest BCUT2D eigenvalue weighted by Crippen LogP contribution is 2.28. The normalized spacial score (nSPS) is 18.9. The average molecular weight is 280 g/mol. The summed E-state index contributed by atoms with van der Waals surface area (Å²) in [5.41, 5.74) is 0.238. The molecule has 0 saturated carbocycles. The van der Waals surface area contributed by atoms with E-state index in [1.165, 1.54) is 35.7 Å². The molecule has 2 nitrogen and oxygen atoms in total. The summed E-state index contributed by atoms with van der Waals surface area (Å²) < 4.78 is 0. The summed E-state index contributed by atoms with van der Waals surface area (Å²) in [6, 6.07) is 5.12. The van der Waals surface area contributed by atoms with E-state index >= 15 is 0 Å². The van der Waals surface area contributed by atoms with Crippen molar-refractivity contribution in [3.63, 3.8) is 0 Å². The molecule has 1 aromatic rings. The molecule has 0 aliphatic carbocycles. The molecule has 1 unspecified atom stereocenters. The highest BCUT2D eigenvalue weighted by molar-refractivity contribution is 7.11. The number of hydrogen-bond donors (Lipinski definition) is 1. The molecule has 2 heterocycles. The van der Waals surface area contributed by atoms with E-state index in [1.807, 2.05) is 11.3 Å². The van der Waals surface area contributed by atoms with Gasteiger partial charge in [-0.1, -0.05) is 6.92 Å². The van der Waals surface area contributed by atoms with Crippen LogP contribution in [0.1, 0.15) is 43.4 Å². The van der Waals surface area contributed by atoms with Crippen molar-refractivity contribution in [3.05, 3.63) is 21.9 Å². The summed E-state index contributed by atoms with van der Waals surface area (Å²) in [6.07, 6.45) is 5.02. The van der Waals surface area contributed by atoms with Crippen molar-refractivity contribution < 1.29 is 0 Å². The summed E-state index contributed by atoms with van der Waals surface area (Å²) >= 11 is 1.98. The molecule has 1 atom stereocenters. The van der Waals surface area contributed by atoms with Crippen LogP contribution >= 0.6 is 11.3 Å². The minimum atomic E-state index is 0.238. The molecule has 3 heteroatoms. The first-order valence-electron chi connectivity index (χ1n) is 7.57. The van der Waals surface area contributed by atoms with Gasteiger partial charge in [-0.3, -0.25) is 4.90 Å². The van der Waals surface area contributed by atoms with Gasteiger partial charge in [0, 0.05) is 21.3 Å². The molecule has 1 N–H and O–H groups in total. The number of nitrogens with zero attached hydrogens (tertiary/aromatic N) is 1. The van der Waals surface area contributed by atoms with Crippen molar-refractivity contribution in [3.8, 4) is 0 Å². The zero-order valence-corrected chi connectivity index (χ0v) is 13.6. The summed E-state index contributed by atoms with van der Waals surface area (Å²) in [5.74, 6) is 0. The van der Waals surface area contributed by atoms with Crippen molar-refractivity contribution in [1.82, 2.24) is 10.2 Å². The Bertz CT molecular complexity index is 391. The standard InChI is InChI=1S/C16H28N2S/c1-5-13-8-9-14(19-13)12-15(17-4)16(2,3)18-10-6-7-11-18/h8-9,15,17H,5-7,10-12H2,1-4H3. The van der Waals surface area contributed by atoms with Crippen LogP contribution in [0, 0.1) is 0 Å². The first-order chi connectivity index (χ1) is 9.07. The van der Waals surface area contributed by atoms with Gasteiger partial charge >= 0.3 is 0 Å². The van der Waals surface area contributed by atoms with E-state index in [9.17, 15) is 0 Å². The average Bonchev–Trinajstić information content (AvgIpc) is 3.06. The third-order valence-electron chi connectivity index (χ3n) is 4.59. The molecule has 1 aliphatic rings. The number of nitrogens with one attached hydrogen (secondary N) is 1. The Morgan fingerprint density at radius 1 is 1.26 bits per heavy atom. The Hall–Kier alpha value is -0.380. The number of likely N-dealkylation sites (tertiary alicyclic amines) is 1. The first kappa shape index (κ1) is 15.0. The van der Waals surface area contributed by atoms with Gasteiger partial charge in [-0.05, 0) is 71.8 Å². The van der Waals surface area contributed by atoms with Crippen LogP contribution in [0.25, 0.3) is 0 Å². The van der Waals surface area contributed by atoms with E-state index in [-0.39, 0.29) is 5.54 Å². The van der Waals surface area contributed by atoms with Crippen LogP contribution in [0.15, 0.2) is 12.1 Å². The van der Waals surface area contributed by atoms with Gasteiger partial charge < -0.3 is 5.32 Å². The Balaban J connectivity index is 2.05. The van der Waals surface area contributed by atoms with Crippen molar-refractivity contribution in [2.75, 3.05) is 20.1 Å². The predicted molar refractivity (Wildman–Crippen MR) is 85.1 cm³/mol. The van der Waals surface area contributed by atoms with Crippen LogP contribution in [0.5, 0.6) is 0 Å². The monoisotopic (exact) mass is 280 g/mol. The molecule has 0 radical (unpaired) electrons. The maximum atomic E-state index is 3.56. The fourth-order valence-electron chi connectivity index (χ4n) is 3.14. The van der Waals surface area contributed by atoms with Crippen molar-refractivity contribution in [1.29, 1.82) is 0 Å². The quantitative estimate of drug-likeness (QED) is 0.860. The Morgan fingerprint density at radius 2 is 1.89 bits per heavy atom. The molecule has 1 saturated heterocycles. The van der Waals surface area contributed by atoms with Crippen LogP contribution in [0.4, 0.5) is 0 Å². The van der Waals surface area contributed by atoms with Gasteiger partial charge in [-0.2, -0.15) is 0 Å². The predicted octanol–water partition coefficient (Wildman–Crippen LogP) is 3.32. The number of likely N-dealkylation sites (N-methyl/N-ethyl adjacent to an activating group) is 1. The smallest absolute Gasteiger partial charge is 0.0309 e.